The lowest BCUT2D eigenvalue weighted by Crippen LogP contribution is -2.44. The molecule has 0 spiro atoms. The molecule has 5 unspecified atom stereocenters. The Bertz CT molecular complexity index is 256. The predicted octanol–water partition coefficient (Wildman–Crippen LogP) is 1.24. The molecule has 0 radical (unpaired) electrons. The van der Waals surface area contributed by atoms with E-state index in [0.717, 1.165) is 25.7 Å². The predicted molar refractivity (Wildman–Crippen MR) is 64.2 cm³/mol. The van der Waals surface area contributed by atoms with Gasteiger partial charge in [-0.15, -0.1) is 0 Å². The summed E-state index contributed by atoms with van der Waals surface area (Å²) in [5, 5.41) is 19.8. The number of aliphatic hydroxyl groups is 2. The first-order valence-corrected chi connectivity index (χ1v) is 6.48. The Morgan fingerprint density at radius 3 is 2.50 bits per heavy atom. The van der Waals surface area contributed by atoms with Gasteiger partial charge in [0, 0.05) is 5.54 Å². The smallest absolute Gasteiger partial charge is 0.0596 e. The lowest BCUT2D eigenvalue weighted by molar-refractivity contribution is 0.0589. The molecule has 2 aliphatic rings. The first kappa shape index (κ1) is 12.3. The van der Waals surface area contributed by atoms with Crippen molar-refractivity contribution in [2.24, 2.45) is 11.8 Å². The summed E-state index contributed by atoms with van der Waals surface area (Å²) >= 11 is 0. The Balaban J connectivity index is 2.12. The van der Waals surface area contributed by atoms with Gasteiger partial charge in [0.2, 0.25) is 0 Å². The van der Waals surface area contributed by atoms with Crippen molar-refractivity contribution in [2.45, 2.75) is 56.8 Å². The van der Waals surface area contributed by atoms with Crippen molar-refractivity contribution in [3.8, 4) is 0 Å². The highest BCUT2D eigenvalue weighted by Gasteiger charge is 2.54. The molecule has 5 atom stereocenters. The van der Waals surface area contributed by atoms with Crippen LogP contribution in [0.5, 0.6) is 0 Å². The molecule has 3 heteroatoms. The molecule has 2 aliphatic carbocycles. The molecule has 2 fully saturated rings. The number of aliphatic hydroxyl groups excluding tert-OH is 2. The van der Waals surface area contributed by atoms with Crippen molar-refractivity contribution in [3.63, 3.8) is 0 Å². The fraction of sp³-hybridized carbons (Fsp3) is 1.00. The van der Waals surface area contributed by atoms with E-state index in [-0.39, 0.29) is 17.7 Å². The number of fused-ring (bicyclic) bond motifs is 1. The molecule has 16 heavy (non-hydrogen) atoms. The summed E-state index contributed by atoms with van der Waals surface area (Å²) in [6.45, 7) is 2.31. The Labute approximate surface area is 98.5 Å². The number of hydrogen-bond donors (Lipinski definition) is 2. The molecule has 0 bridgehead atoms. The zero-order valence-electron chi connectivity index (χ0n) is 10.7. The van der Waals surface area contributed by atoms with Gasteiger partial charge in [-0.1, -0.05) is 0 Å². The molecule has 0 aromatic carbocycles. The third-order valence-corrected chi connectivity index (χ3v) is 4.89. The van der Waals surface area contributed by atoms with E-state index in [9.17, 15) is 10.2 Å². The molecule has 2 saturated carbocycles. The largest absolute Gasteiger partial charge is 0.393 e. The highest BCUT2D eigenvalue weighted by molar-refractivity contribution is 5.06. The van der Waals surface area contributed by atoms with Gasteiger partial charge in [-0.2, -0.15) is 0 Å². The van der Waals surface area contributed by atoms with Crippen LogP contribution < -0.4 is 0 Å². The summed E-state index contributed by atoms with van der Waals surface area (Å²) in [5.74, 6) is 1.03. The zero-order chi connectivity index (χ0) is 11.9. The van der Waals surface area contributed by atoms with Crippen LogP contribution >= 0.6 is 0 Å². The van der Waals surface area contributed by atoms with Crippen LogP contribution in [0.1, 0.15) is 39.0 Å². The van der Waals surface area contributed by atoms with E-state index in [2.05, 4.69) is 25.9 Å². The van der Waals surface area contributed by atoms with Gasteiger partial charge < -0.3 is 15.1 Å². The average Bonchev–Trinajstić information content (AvgIpc) is 2.95. The molecular formula is C13H25NO2. The fourth-order valence-corrected chi connectivity index (χ4v) is 3.36. The minimum absolute atomic E-state index is 0.204. The van der Waals surface area contributed by atoms with Crippen molar-refractivity contribution in [2.75, 3.05) is 14.1 Å². The van der Waals surface area contributed by atoms with Crippen LogP contribution in [0.15, 0.2) is 0 Å². The Morgan fingerprint density at radius 2 is 1.88 bits per heavy atom. The second kappa shape index (κ2) is 4.28. The van der Waals surface area contributed by atoms with Crippen LogP contribution in [0.3, 0.4) is 0 Å². The van der Waals surface area contributed by atoms with E-state index in [0.29, 0.717) is 18.3 Å². The summed E-state index contributed by atoms with van der Waals surface area (Å²) in [7, 11) is 4.27. The van der Waals surface area contributed by atoms with Crippen LogP contribution in [-0.2, 0) is 0 Å². The molecule has 0 aromatic heterocycles. The van der Waals surface area contributed by atoms with Crippen molar-refractivity contribution < 1.29 is 10.2 Å². The van der Waals surface area contributed by atoms with Gasteiger partial charge in [-0.3, -0.25) is 0 Å². The second-order valence-corrected chi connectivity index (χ2v) is 6.11. The lowest BCUT2D eigenvalue weighted by atomic mass is 9.87. The molecule has 0 aromatic rings. The highest BCUT2D eigenvalue weighted by atomic mass is 16.3. The third kappa shape index (κ3) is 2.13. The van der Waals surface area contributed by atoms with Crippen molar-refractivity contribution >= 4 is 0 Å². The maximum absolute atomic E-state index is 10.1. The molecule has 0 amide bonds. The zero-order valence-corrected chi connectivity index (χ0v) is 10.7. The minimum Gasteiger partial charge on any atom is -0.393 e. The molecule has 0 heterocycles. The molecule has 3 nitrogen and oxygen atoms in total. The van der Waals surface area contributed by atoms with Gasteiger partial charge in [0.25, 0.3) is 0 Å². The second-order valence-electron chi connectivity index (χ2n) is 6.11. The van der Waals surface area contributed by atoms with Gasteiger partial charge in [0.15, 0.2) is 0 Å². The Kier molecular flexibility index (Phi) is 3.30. The molecule has 0 saturated heterocycles. The first-order chi connectivity index (χ1) is 7.45. The van der Waals surface area contributed by atoms with Gasteiger partial charge in [0.1, 0.15) is 0 Å². The van der Waals surface area contributed by atoms with E-state index in [1.165, 1.54) is 0 Å². The molecule has 2 rings (SSSR count). The summed E-state index contributed by atoms with van der Waals surface area (Å²) in [4.78, 5) is 2.31. The summed E-state index contributed by atoms with van der Waals surface area (Å²) in [6.07, 6.45) is 4.13. The standard InChI is InChI=1S/C13H25NO2/c1-13(14(2)3)6-4-5-9(15)7-12(16)10-8-11(10)13/h9-12,15-16H,4-8H2,1-3H3. The van der Waals surface area contributed by atoms with Crippen LogP contribution in [0.4, 0.5) is 0 Å². The van der Waals surface area contributed by atoms with Gasteiger partial charge in [0.05, 0.1) is 12.2 Å². The molecule has 2 N–H and O–H groups in total. The van der Waals surface area contributed by atoms with Crippen molar-refractivity contribution in [1.29, 1.82) is 0 Å². The van der Waals surface area contributed by atoms with E-state index < -0.39 is 0 Å². The SMILES string of the molecule is CN(C)C1(C)CCCC(O)CC(O)C2CC21. The topological polar surface area (TPSA) is 43.7 Å². The molecular weight excluding hydrogens is 202 g/mol. The number of hydrogen-bond acceptors (Lipinski definition) is 3. The highest BCUT2D eigenvalue weighted by Crippen LogP contribution is 2.53. The molecule has 0 aliphatic heterocycles. The van der Waals surface area contributed by atoms with E-state index >= 15 is 0 Å². The van der Waals surface area contributed by atoms with Crippen LogP contribution in [0.25, 0.3) is 0 Å². The quantitative estimate of drug-likeness (QED) is 0.708. The Morgan fingerprint density at radius 1 is 1.19 bits per heavy atom. The lowest BCUT2D eigenvalue weighted by Gasteiger charge is -2.37. The normalized spacial score (nSPS) is 49.1. The van der Waals surface area contributed by atoms with Crippen molar-refractivity contribution in [1.82, 2.24) is 4.90 Å². The van der Waals surface area contributed by atoms with Gasteiger partial charge >= 0.3 is 0 Å². The maximum atomic E-state index is 10.1. The summed E-state index contributed by atoms with van der Waals surface area (Å²) in [6, 6.07) is 0. The van der Waals surface area contributed by atoms with E-state index in [4.69, 9.17) is 0 Å². The summed E-state index contributed by atoms with van der Waals surface area (Å²) < 4.78 is 0. The minimum atomic E-state index is -0.305. The monoisotopic (exact) mass is 227 g/mol. The van der Waals surface area contributed by atoms with Crippen LogP contribution in [-0.4, -0.2) is 47.0 Å². The first-order valence-electron chi connectivity index (χ1n) is 6.48. The van der Waals surface area contributed by atoms with E-state index in [1.807, 2.05) is 0 Å². The van der Waals surface area contributed by atoms with Crippen LogP contribution in [0, 0.1) is 11.8 Å². The number of nitrogens with zero attached hydrogens (tertiary/aromatic N) is 1. The van der Waals surface area contributed by atoms with E-state index in [1.54, 1.807) is 0 Å². The number of rotatable bonds is 1. The average molecular weight is 227 g/mol. The Hall–Kier alpha value is -0.120. The van der Waals surface area contributed by atoms with Crippen LogP contribution in [0.2, 0.25) is 0 Å². The maximum Gasteiger partial charge on any atom is 0.0596 e. The van der Waals surface area contributed by atoms with Gasteiger partial charge in [-0.25, -0.2) is 0 Å². The fourth-order valence-electron chi connectivity index (χ4n) is 3.36. The van der Waals surface area contributed by atoms with Crippen molar-refractivity contribution in [3.05, 3.63) is 0 Å². The summed E-state index contributed by atoms with van der Waals surface area (Å²) in [5.41, 5.74) is 0.204. The van der Waals surface area contributed by atoms with Gasteiger partial charge in [-0.05, 0) is 65.0 Å². The molecule has 94 valence electrons. The third-order valence-electron chi connectivity index (χ3n) is 4.89.